The first-order valence-electron chi connectivity index (χ1n) is 7.53. The molecule has 0 aliphatic heterocycles. The molecule has 0 saturated heterocycles. The van der Waals surface area contributed by atoms with Gasteiger partial charge in [-0.15, -0.1) is 0 Å². The molecule has 0 bridgehead atoms. The number of benzene rings is 1. The van der Waals surface area contributed by atoms with E-state index in [9.17, 15) is 22.8 Å². The molecule has 7 nitrogen and oxygen atoms in total. The molecule has 1 aromatic heterocycles. The average Bonchev–Trinajstić information content (AvgIpc) is 3.07. The zero-order valence-corrected chi connectivity index (χ0v) is 14.0. The van der Waals surface area contributed by atoms with Crippen LogP contribution in [-0.4, -0.2) is 42.1 Å². The highest BCUT2D eigenvalue weighted by Gasteiger charge is 2.38. The molecule has 0 aliphatic rings. The Morgan fingerprint density at radius 2 is 2.04 bits per heavy atom. The summed E-state index contributed by atoms with van der Waals surface area (Å²) >= 11 is 0. The molecule has 1 heterocycles. The number of aromatic nitrogens is 2. The normalized spacial score (nSPS) is 11.4. The molecule has 26 heavy (non-hydrogen) atoms. The first kappa shape index (κ1) is 19.6. The van der Waals surface area contributed by atoms with E-state index < -0.39 is 23.8 Å². The highest BCUT2D eigenvalue weighted by Crippen LogP contribution is 2.29. The fourth-order valence-corrected chi connectivity index (χ4v) is 2.11. The van der Waals surface area contributed by atoms with Crippen molar-refractivity contribution in [2.75, 3.05) is 20.3 Å². The Bertz CT molecular complexity index is 802. The molecule has 1 N–H and O–H groups in total. The van der Waals surface area contributed by atoms with Crippen LogP contribution in [0.15, 0.2) is 22.7 Å². The van der Waals surface area contributed by atoms with Crippen molar-refractivity contribution in [3.63, 3.8) is 0 Å². The predicted octanol–water partition coefficient (Wildman–Crippen LogP) is 1.94. The second-order valence-electron chi connectivity index (χ2n) is 5.41. The average molecular weight is 371 g/mol. The van der Waals surface area contributed by atoms with E-state index in [4.69, 9.17) is 4.74 Å². The first-order valence-corrected chi connectivity index (χ1v) is 7.53. The number of hydrogen-bond acceptors (Lipinski definition) is 6. The van der Waals surface area contributed by atoms with Gasteiger partial charge in [0, 0.05) is 25.6 Å². The van der Waals surface area contributed by atoms with E-state index in [1.165, 1.54) is 25.3 Å². The van der Waals surface area contributed by atoms with Crippen LogP contribution in [0, 0.1) is 6.92 Å². The van der Waals surface area contributed by atoms with Gasteiger partial charge in [0.1, 0.15) is 0 Å². The number of halogens is 3. The van der Waals surface area contributed by atoms with Gasteiger partial charge in [0.25, 0.3) is 5.91 Å². The molecule has 0 fully saturated rings. The molecule has 0 unspecified atom stereocenters. The number of amides is 1. The monoisotopic (exact) mass is 371 g/mol. The van der Waals surface area contributed by atoms with Crippen LogP contribution in [0.25, 0.3) is 11.4 Å². The lowest BCUT2D eigenvalue weighted by molar-refractivity contribution is -0.159. The topological polar surface area (TPSA) is 94.3 Å². The van der Waals surface area contributed by atoms with Crippen molar-refractivity contribution in [2.24, 2.45) is 0 Å². The minimum Gasteiger partial charge on any atom is -0.383 e. The fraction of sp³-hybridized carbons (Fsp3) is 0.375. The third-order valence-electron chi connectivity index (χ3n) is 3.47. The van der Waals surface area contributed by atoms with E-state index >= 15 is 0 Å². The van der Waals surface area contributed by atoms with Crippen LogP contribution in [0.5, 0.6) is 0 Å². The van der Waals surface area contributed by atoms with Crippen molar-refractivity contribution in [3.8, 4) is 11.4 Å². The van der Waals surface area contributed by atoms with E-state index in [-0.39, 0.29) is 25.4 Å². The molecule has 1 aromatic carbocycles. The quantitative estimate of drug-likeness (QED) is 0.590. The van der Waals surface area contributed by atoms with Crippen LogP contribution in [0.2, 0.25) is 0 Å². The Labute approximate surface area is 146 Å². The summed E-state index contributed by atoms with van der Waals surface area (Å²) in [6.07, 6.45) is -4.85. The van der Waals surface area contributed by atoms with E-state index in [2.05, 4.69) is 20.0 Å². The maximum absolute atomic E-state index is 12.5. The summed E-state index contributed by atoms with van der Waals surface area (Å²) in [5, 5.41) is 5.73. The third kappa shape index (κ3) is 4.88. The van der Waals surface area contributed by atoms with Gasteiger partial charge in [0.15, 0.2) is 0 Å². The van der Waals surface area contributed by atoms with Crippen molar-refractivity contribution in [2.45, 2.75) is 19.5 Å². The van der Waals surface area contributed by atoms with Crippen LogP contribution in [0.3, 0.4) is 0 Å². The van der Waals surface area contributed by atoms with Crippen molar-refractivity contribution in [1.82, 2.24) is 15.5 Å². The standard InChI is InChI=1S/C16H16F3N3O4/c1-9-7-11(13-21-15(26-22-13)16(17,18)19)4-3-10(9)8-12(23)14(24)20-5-6-25-2/h3-4,7H,5-6,8H2,1-2H3,(H,20,24). The summed E-state index contributed by atoms with van der Waals surface area (Å²) in [5.74, 6) is -3.00. The lowest BCUT2D eigenvalue weighted by Gasteiger charge is -2.07. The minimum atomic E-state index is -4.72. The maximum atomic E-state index is 12.5. The minimum absolute atomic E-state index is 0.134. The van der Waals surface area contributed by atoms with Crippen LogP contribution >= 0.6 is 0 Å². The van der Waals surface area contributed by atoms with Gasteiger partial charge in [-0.2, -0.15) is 18.2 Å². The van der Waals surface area contributed by atoms with Gasteiger partial charge in [-0.05, 0) is 24.1 Å². The van der Waals surface area contributed by atoms with Gasteiger partial charge < -0.3 is 14.6 Å². The van der Waals surface area contributed by atoms with Crippen molar-refractivity contribution >= 4 is 11.7 Å². The molecule has 2 aromatic rings. The second-order valence-corrected chi connectivity index (χ2v) is 5.41. The molecular weight excluding hydrogens is 355 g/mol. The number of ether oxygens (including phenoxy) is 1. The van der Waals surface area contributed by atoms with Gasteiger partial charge >= 0.3 is 12.1 Å². The number of Topliss-reactive ketones (excluding diaryl/α,β-unsaturated/α-hetero) is 1. The summed E-state index contributed by atoms with van der Waals surface area (Å²) in [6.45, 7) is 2.18. The zero-order chi connectivity index (χ0) is 19.3. The van der Waals surface area contributed by atoms with Gasteiger partial charge in [0.2, 0.25) is 11.6 Å². The largest absolute Gasteiger partial charge is 0.471 e. The van der Waals surface area contributed by atoms with Gasteiger partial charge in [-0.3, -0.25) is 9.59 Å². The van der Waals surface area contributed by atoms with E-state index in [1.807, 2.05) is 0 Å². The Morgan fingerprint density at radius 3 is 2.62 bits per heavy atom. The Morgan fingerprint density at radius 1 is 1.31 bits per heavy atom. The molecule has 1 amide bonds. The summed E-state index contributed by atoms with van der Waals surface area (Å²) in [4.78, 5) is 26.9. The first-order chi connectivity index (χ1) is 12.2. The lowest BCUT2D eigenvalue weighted by atomic mass is 10.00. The molecule has 2 rings (SSSR count). The van der Waals surface area contributed by atoms with E-state index in [0.717, 1.165) is 0 Å². The molecule has 0 atom stereocenters. The molecule has 140 valence electrons. The van der Waals surface area contributed by atoms with Crippen LogP contribution in [0.4, 0.5) is 13.2 Å². The second kappa shape index (κ2) is 8.09. The number of nitrogens with zero attached hydrogens (tertiary/aromatic N) is 2. The molecule has 0 spiro atoms. The number of methoxy groups -OCH3 is 1. The smallest absolute Gasteiger partial charge is 0.383 e. The van der Waals surface area contributed by atoms with Crippen molar-refractivity contribution in [1.29, 1.82) is 0 Å². The molecule has 0 radical (unpaired) electrons. The number of alkyl halides is 3. The van der Waals surface area contributed by atoms with Gasteiger partial charge in [-0.25, -0.2) is 0 Å². The van der Waals surface area contributed by atoms with Crippen LogP contribution < -0.4 is 5.32 Å². The van der Waals surface area contributed by atoms with Crippen LogP contribution in [0.1, 0.15) is 17.0 Å². The number of rotatable bonds is 7. The molecule has 0 aliphatic carbocycles. The van der Waals surface area contributed by atoms with E-state index in [0.29, 0.717) is 16.7 Å². The van der Waals surface area contributed by atoms with Gasteiger partial charge in [0.05, 0.1) is 6.61 Å². The maximum Gasteiger partial charge on any atom is 0.471 e. The lowest BCUT2D eigenvalue weighted by Crippen LogP contribution is -2.34. The van der Waals surface area contributed by atoms with Crippen LogP contribution in [-0.2, 0) is 26.9 Å². The predicted molar refractivity (Wildman–Crippen MR) is 83.1 cm³/mol. The number of carbonyl (C=O) groups is 2. The number of nitrogens with one attached hydrogen (secondary N) is 1. The highest BCUT2D eigenvalue weighted by atomic mass is 19.4. The van der Waals surface area contributed by atoms with Crippen molar-refractivity contribution < 1.29 is 32.0 Å². The number of hydrogen-bond donors (Lipinski definition) is 1. The summed E-state index contributed by atoms with van der Waals surface area (Å²) in [5.41, 5.74) is 1.49. The fourth-order valence-electron chi connectivity index (χ4n) is 2.11. The molecule has 0 saturated carbocycles. The Kier molecular flexibility index (Phi) is 6.09. The Balaban J connectivity index is 2.08. The molecular formula is C16H16F3N3O4. The van der Waals surface area contributed by atoms with Crippen molar-refractivity contribution in [3.05, 3.63) is 35.2 Å². The number of carbonyl (C=O) groups excluding carboxylic acids is 2. The number of aryl methyl sites for hydroxylation is 1. The number of ketones is 1. The molecule has 10 heteroatoms. The van der Waals surface area contributed by atoms with Gasteiger partial charge in [-0.1, -0.05) is 17.3 Å². The summed E-state index contributed by atoms with van der Waals surface area (Å²) in [6, 6.07) is 4.52. The summed E-state index contributed by atoms with van der Waals surface area (Å²) in [7, 11) is 1.47. The van der Waals surface area contributed by atoms with E-state index in [1.54, 1.807) is 6.92 Å². The third-order valence-corrected chi connectivity index (χ3v) is 3.47. The Hall–Kier alpha value is -2.75. The zero-order valence-electron chi connectivity index (χ0n) is 14.0. The SMILES string of the molecule is COCCNC(=O)C(=O)Cc1ccc(-c2noc(C(F)(F)F)n2)cc1C. The highest BCUT2D eigenvalue weighted by molar-refractivity contribution is 6.36. The summed E-state index contributed by atoms with van der Waals surface area (Å²) < 4.78 is 46.5.